The average Bonchev–Trinajstić information content (AvgIpc) is 2.33. The Kier molecular flexibility index (Phi) is 4.44. The van der Waals surface area contributed by atoms with E-state index in [0.717, 1.165) is 0 Å². The lowest BCUT2D eigenvalue weighted by atomic mass is 10.3. The van der Waals surface area contributed by atoms with Crippen molar-refractivity contribution < 1.29 is 13.5 Å². The third kappa shape index (κ3) is 3.35. The van der Waals surface area contributed by atoms with Gasteiger partial charge in [-0.3, -0.25) is 0 Å². The first-order valence-corrected chi connectivity index (χ1v) is 8.09. The molecule has 0 aliphatic heterocycles. The van der Waals surface area contributed by atoms with E-state index in [1.807, 2.05) is 0 Å². The molecule has 0 amide bonds. The van der Waals surface area contributed by atoms with Gasteiger partial charge in [0, 0.05) is 21.8 Å². The number of nitrogens with zero attached hydrogens (tertiary/aromatic N) is 1. The highest BCUT2D eigenvalue weighted by Crippen LogP contribution is 2.29. The summed E-state index contributed by atoms with van der Waals surface area (Å²) in [5, 5.41) is 9.99. The Hall–Kier alpha value is -1.01. The second kappa shape index (κ2) is 5.77. The zero-order chi connectivity index (χ0) is 14.9. The maximum absolute atomic E-state index is 12.3. The van der Waals surface area contributed by atoms with Crippen molar-refractivity contribution >= 4 is 44.6 Å². The van der Waals surface area contributed by atoms with E-state index in [0.29, 0.717) is 0 Å². The second-order valence-corrected chi connectivity index (χ2v) is 7.19. The van der Waals surface area contributed by atoms with Gasteiger partial charge in [0.1, 0.15) is 0 Å². The average molecular weight is 353 g/mol. The number of halogens is 3. The van der Waals surface area contributed by atoms with E-state index in [-0.39, 0.29) is 31.4 Å². The number of rotatable bonds is 3. The fourth-order valence-electron chi connectivity index (χ4n) is 1.58. The molecule has 0 aliphatic carbocycles. The van der Waals surface area contributed by atoms with Crippen molar-refractivity contribution in [1.82, 2.24) is 4.98 Å². The summed E-state index contributed by atoms with van der Waals surface area (Å²) in [5.41, 5.74) is 0.154. The van der Waals surface area contributed by atoms with Gasteiger partial charge in [-0.15, -0.1) is 0 Å². The van der Waals surface area contributed by atoms with E-state index < -0.39 is 15.6 Å². The van der Waals surface area contributed by atoms with E-state index in [2.05, 4.69) is 4.98 Å². The van der Waals surface area contributed by atoms with Crippen molar-refractivity contribution in [1.29, 1.82) is 0 Å². The van der Waals surface area contributed by atoms with Gasteiger partial charge in [0.25, 0.3) is 0 Å². The largest absolute Gasteiger partial charge is 0.504 e. The molecular formula is C12H8Cl3NO3S. The van der Waals surface area contributed by atoms with Crippen molar-refractivity contribution in [3.63, 3.8) is 0 Å². The van der Waals surface area contributed by atoms with Crippen LogP contribution in [0.15, 0.2) is 35.4 Å². The van der Waals surface area contributed by atoms with Gasteiger partial charge in [0.2, 0.25) is 0 Å². The van der Waals surface area contributed by atoms with Crippen LogP contribution >= 0.6 is 34.8 Å². The standard InChI is InChI=1S/C12H8Cl3NO3S/c13-8-3-9(14)5-10(4-8)20(18,19)6-7-1-2-16-12(15)11(7)17/h1-5,17H,6H2. The molecule has 2 rings (SSSR count). The third-order valence-corrected chi connectivity index (χ3v) is 4.86. The van der Waals surface area contributed by atoms with Crippen LogP contribution in [0.3, 0.4) is 0 Å². The molecule has 0 aliphatic rings. The number of hydrogen-bond acceptors (Lipinski definition) is 4. The molecule has 1 aromatic carbocycles. The predicted molar refractivity (Wildman–Crippen MR) is 78.3 cm³/mol. The van der Waals surface area contributed by atoms with Crippen LogP contribution in [0.1, 0.15) is 5.56 Å². The molecule has 4 nitrogen and oxygen atoms in total. The zero-order valence-electron chi connectivity index (χ0n) is 9.85. The summed E-state index contributed by atoms with van der Waals surface area (Å²) >= 11 is 17.2. The van der Waals surface area contributed by atoms with E-state index >= 15 is 0 Å². The Morgan fingerprint density at radius 2 is 1.70 bits per heavy atom. The molecule has 0 fully saturated rings. The summed E-state index contributed by atoms with van der Waals surface area (Å²) in [7, 11) is -3.71. The van der Waals surface area contributed by atoms with Crippen LogP contribution in [0, 0.1) is 0 Å². The molecule has 0 spiro atoms. The molecule has 1 heterocycles. The van der Waals surface area contributed by atoms with Gasteiger partial charge in [0.05, 0.1) is 10.6 Å². The summed E-state index contributed by atoms with van der Waals surface area (Å²) in [6, 6.07) is 5.40. The number of hydrogen-bond donors (Lipinski definition) is 1. The molecule has 0 radical (unpaired) electrons. The van der Waals surface area contributed by atoms with Crippen LogP contribution in [0.4, 0.5) is 0 Å². The predicted octanol–water partition coefficient (Wildman–Crippen LogP) is 3.72. The molecule has 106 valence electrons. The van der Waals surface area contributed by atoms with Crippen LogP contribution in [0.2, 0.25) is 15.2 Å². The minimum atomic E-state index is -3.71. The van der Waals surface area contributed by atoms with Crippen LogP contribution < -0.4 is 0 Å². The summed E-state index contributed by atoms with van der Waals surface area (Å²) < 4.78 is 24.6. The lowest BCUT2D eigenvalue weighted by Crippen LogP contribution is -2.05. The van der Waals surface area contributed by atoms with Crippen molar-refractivity contribution in [3.8, 4) is 5.75 Å². The highest BCUT2D eigenvalue weighted by atomic mass is 35.5. The van der Waals surface area contributed by atoms with Gasteiger partial charge in [-0.1, -0.05) is 34.8 Å². The molecule has 2 aromatic rings. The Balaban J connectivity index is 2.43. The van der Waals surface area contributed by atoms with Crippen molar-refractivity contribution in [3.05, 3.63) is 51.2 Å². The Labute approximate surface area is 130 Å². The summed E-state index contributed by atoms with van der Waals surface area (Å²) in [5.74, 6) is -0.788. The Morgan fingerprint density at radius 1 is 1.10 bits per heavy atom. The van der Waals surface area contributed by atoms with Crippen LogP contribution in [0.25, 0.3) is 0 Å². The fourth-order valence-corrected chi connectivity index (χ4v) is 3.83. The number of aromatic nitrogens is 1. The highest BCUT2D eigenvalue weighted by Gasteiger charge is 2.20. The van der Waals surface area contributed by atoms with Crippen LogP contribution in [-0.2, 0) is 15.6 Å². The normalized spacial score (nSPS) is 11.6. The van der Waals surface area contributed by atoms with Gasteiger partial charge in [-0.25, -0.2) is 13.4 Å². The van der Waals surface area contributed by atoms with Crippen LogP contribution in [0.5, 0.6) is 5.75 Å². The monoisotopic (exact) mass is 351 g/mol. The van der Waals surface area contributed by atoms with Crippen molar-refractivity contribution in [2.75, 3.05) is 0 Å². The molecule has 0 unspecified atom stereocenters. The molecule has 0 bridgehead atoms. The van der Waals surface area contributed by atoms with Crippen molar-refractivity contribution in [2.24, 2.45) is 0 Å². The number of sulfone groups is 1. The highest BCUT2D eigenvalue weighted by molar-refractivity contribution is 7.90. The molecule has 1 N–H and O–H groups in total. The third-order valence-electron chi connectivity index (χ3n) is 2.50. The fraction of sp³-hybridized carbons (Fsp3) is 0.0833. The first-order valence-electron chi connectivity index (χ1n) is 5.31. The topological polar surface area (TPSA) is 67.3 Å². The van der Waals surface area contributed by atoms with E-state index in [9.17, 15) is 13.5 Å². The summed E-state index contributed by atoms with van der Waals surface area (Å²) in [4.78, 5) is 3.62. The van der Waals surface area contributed by atoms with Gasteiger partial charge >= 0.3 is 0 Å². The lowest BCUT2D eigenvalue weighted by molar-refractivity contribution is 0.467. The quantitative estimate of drug-likeness (QED) is 0.855. The van der Waals surface area contributed by atoms with Crippen molar-refractivity contribution in [2.45, 2.75) is 10.6 Å². The van der Waals surface area contributed by atoms with Gasteiger partial charge in [-0.05, 0) is 24.3 Å². The second-order valence-electron chi connectivity index (χ2n) is 3.97. The van der Waals surface area contributed by atoms with E-state index in [1.54, 1.807) is 0 Å². The minimum absolute atomic E-state index is 0.0256. The SMILES string of the molecule is O=S(=O)(Cc1ccnc(Cl)c1O)c1cc(Cl)cc(Cl)c1. The molecule has 0 saturated carbocycles. The Bertz CT molecular complexity index is 742. The van der Waals surface area contributed by atoms with E-state index in [4.69, 9.17) is 34.8 Å². The van der Waals surface area contributed by atoms with Gasteiger partial charge < -0.3 is 5.11 Å². The first kappa shape index (κ1) is 15.4. The van der Waals surface area contributed by atoms with Gasteiger partial charge in [-0.2, -0.15) is 0 Å². The smallest absolute Gasteiger partial charge is 0.182 e. The molecule has 1 aromatic heterocycles. The lowest BCUT2D eigenvalue weighted by Gasteiger charge is -2.08. The molecule has 0 saturated heterocycles. The molecule has 0 atom stereocenters. The van der Waals surface area contributed by atoms with Crippen LogP contribution in [-0.4, -0.2) is 18.5 Å². The maximum atomic E-state index is 12.3. The zero-order valence-corrected chi connectivity index (χ0v) is 12.9. The number of pyridine rings is 1. The Morgan fingerprint density at radius 3 is 2.30 bits per heavy atom. The molecule has 8 heteroatoms. The maximum Gasteiger partial charge on any atom is 0.182 e. The summed E-state index contributed by atoms with van der Waals surface area (Å²) in [6.45, 7) is 0. The first-order chi connectivity index (χ1) is 9.29. The molecular weight excluding hydrogens is 345 g/mol. The van der Waals surface area contributed by atoms with E-state index in [1.165, 1.54) is 30.5 Å². The number of benzene rings is 1. The molecule has 20 heavy (non-hydrogen) atoms. The minimum Gasteiger partial charge on any atom is -0.504 e. The number of aromatic hydroxyl groups is 1. The summed E-state index contributed by atoms with van der Waals surface area (Å²) in [6.07, 6.45) is 1.32. The van der Waals surface area contributed by atoms with Gasteiger partial charge in [0.15, 0.2) is 20.7 Å².